The Morgan fingerprint density at radius 3 is 2.57 bits per heavy atom. The van der Waals surface area contributed by atoms with Gasteiger partial charge in [0.15, 0.2) is 40.0 Å². The number of phenolic OH excluding ortho intramolecular Hbond substituents is 2. The number of hydrogen-bond acceptors (Lipinski definition) is 13. The summed E-state index contributed by atoms with van der Waals surface area (Å²) in [5, 5.41) is 27.6. The molecule has 53 heavy (non-hydrogen) atoms. The predicted molar refractivity (Wildman–Crippen MR) is 194 cm³/mol. The zero-order chi connectivity index (χ0) is 37.1. The fourth-order valence-corrected chi connectivity index (χ4v) is 11.6. The second-order valence-electron chi connectivity index (χ2n) is 14.8. The minimum Gasteiger partial charge on any atom is -0.650 e. The molecular formula is C39H42N3O10S-. The monoisotopic (exact) mass is 744 g/mol. The van der Waals surface area contributed by atoms with Crippen molar-refractivity contribution in [3.05, 3.63) is 68.0 Å². The number of rotatable bonds is 3. The van der Waals surface area contributed by atoms with Crippen LogP contribution in [0.3, 0.4) is 0 Å². The number of benzene rings is 3. The highest BCUT2D eigenvalue weighted by Crippen LogP contribution is 2.64. The quantitative estimate of drug-likeness (QED) is 0.277. The van der Waals surface area contributed by atoms with Gasteiger partial charge in [-0.05, 0) is 80.2 Å². The first-order valence-corrected chi connectivity index (χ1v) is 18.9. The van der Waals surface area contributed by atoms with Gasteiger partial charge in [-0.3, -0.25) is 14.6 Å². The van der Waals surface area contributed by atoms with Crippen molar-refractivity contribution in [1.82, 2.24) is 9.80 Å². The van der Waals surface area contributed by atoms with E-state index >= 15 is 0 Å². The number of aromatic hydroxyl groups is 2. The molecule has 10 rings (SSSR count). The van der Waals surface area contributed by atoms with E-state index in [-0.39, 0.29) is 48.5 Å². The van der Waals surface area contributed by atoms with Crippen molar-refractivity contribution >= 4 is 23.7 Å². The van der Waals surface area contributed by atoms with Crippen LogP contribution in [0.2, 0.25) is 0 Å². The molecule has 0 radical (unpaired) electrons. The number of carbonyl (C=O) groups excluding carboxylic acids is 2. The number of thioether (sulfide) groups is 1. The fraction of sp³-hybridized carbons (Fsp3) is 0.487. The Morgan fingerprint density at radius 1 is 1.02 bits per heavy atom. The molecule has 2 N–H and O–H groups in total. The SMILES string of the molecule is COc1cc2c(cc1O)CCN(C)[C@]21CS[C@@H]2c3c(OC(C)=O)c(C)c4c(c3[C@H](COC1=O)N1C[C@@H]3Cc5cc(C)c(OC)c(O)c5[C@@H]([N-]3)C21)OCO4. The van der Waals surface area contributed by atoms with E-state index in [1.54, 1.807) is 31.0 Å². The molecule has 1 spiro atoms. The Kier molecular flexibility index (Phi) is 8.01. The number of carbonyl (C=O) groups is 2. The van der Waals surface area contributed by atoms with E-state index in [0.717, 1.165) is 33.4 Å². The van der Waals surface area contributed by atoms with Gasteiger partial charge >= 0.3 is 11.9 Å². The van der Waals surface area contributed by atoms with Crippen LogP contribution in [0.4, 0.5) is 0 Å². The number of piperazine rings is 1. The first-order chi connectivity index (χ1) is 25.5. The number of hydrogen-bond donors (Lipinski definition) is 2. The average molecular weight is 745 g/mol. The molecule has 7 aliphatic rings. The van der Waals surface area contributed by atoms with Crippen LogP contribution < -0.4 is 23.7 Å². The van der Waals surface area contributed by atoms with Gasteiger partial charge in [0.1, 0.15) is 12.4 Å². The van der Waals surface area contributed by atoms with Crippen LogP contribution in [0.1, 0.15) is 68.8 Å². The van der Waals surface area contributed by atoms with Crippen molar-refractivity contribution < 1.29 is 48.2 Å². The summed E-state index contributed by atoms with van der Waals surface area (Å²) in [4.78, 5) is 32.1. The molecule has 7 aliphatic heterocycles. The van der Waals surface area contributed by atoms with Gasteiger partial charge in [0.05, 0.1) is 20.3 Å². The Hall–Kier alpha value is -4.37. The molecule has 1 unspecified atom stereocenters. The van der Waals surface area contributed by atoms with Crippen molar-refractivity contribution in [1.29, 1.82) is 0 Å². The number of phenols is 2. The normalized spacial score (nSPS) is 28.3. The molecule has 0 aliphatic carbocycles. The van der Waals surface area contributed by atoms with Gasteiger partial charge in [-0.25, -0.2) is 4.79 Å². The van der Waals surface area contributed by atoms with E-state index in [4.69, 9.17) is 33.7 Å². The van der Waals surface area contributed by atoms with Crippen LogP contribution in [0.25, 0.3) is 5.32 Å². The maximum Gasteiger partial charge on any atom is 0.332 e. The average Bonchev–Trinajstić information content (AvgIpc) is 3.62. The van der Waals surface area contributed by atoms with Crippen LogP contribution >= 0.6 is 11.8 Å². The molecule has 4 bridgehead atoms. The highest BCUT2D eigenvalue weighted by molar-refractivity contribution is 7.99. The van der Waals surface area contributed by atoms with Crippen LogP contribution in [0.15, 0.2) is 18.2 Å². The number of fused-ring (bicyclic) bond motifs is 9. The Morgan fingerprint density at radius 2 is 1.81 bits per heavy atom. The highest BCUT2D eigenvalue weighted by atomic mass is 32.2. The van der Waals surface area contributed by atoms with Gasteiger partial charge in [0.25, 0.3) is 0 Å². The fourth-order valence-electron chi connectivity index (χ4n) is 9.76. The summed E-state index contributed by atoms with van der Waals surface area (Å²) in [5.41, 5.74) is 5.08. The second kappa shape index (κ2) is 12.3. The van der Waals surface area contributed by atoms with Gasteiger partial charge < -0.3 is 44.0 Å². The maximum absolute atomic E-state index is 14.8. The second-order valence-corrected chi connectivity index (χ2v) is 15.9. The summed E-state index contributed by atoms with van der Waals surface area (Å²) in [7, 11) is 4.97. The maximum atomic E-state index is 14.8. The van der Waals surface area contributed by atoms with E-state index in [0.29, 0.717) is 60.1 Å². The third-order valence-corrected chi connectivity index (χ3v) is 13.5. The minimum absolute atomic E-state index is 0.000227. The van der Waals surface area contributed by atoms with Crippen molar-refractivity contribution in [2.45, 2.75) is 68.6 Å². The topological polar surface area (TPSA) is 151 Å². The smallest absolute Gasteiger partial charge is 0.332 e. The number of ether oxygens (including phenoxy) is 6. The van der Waals surface area contributed by atoms with Crippen LogP contribution in [0.5, 0.6) is 40.2 Å². The molecule has 3 aromatic carbocycles. The number of methoxy groups -OCH3 is 2. The van der Waals surface area contributed by atoms with Crippen molar-refractivity contribution in [2.75, 3.05) is 53.5 Å². The minimum atomic E-state index is -1.25. The molecule has 280 valence electrons. The lowest BCUT2D eigenvalue weighted by molar-refractivity contribution is -0.160. The van der Waals surface area contributed by atoms with Crippen molar-refractivity contribution in [3.8, 4) is 40.2 Å². The first-order valence-electron chi connectivity index (χ1n) is 17.9. The number of nitrogens with zero attached hydrogens (tertiary/aromatic N) is 3. The van der Waals surface area contributed by atoms with E-state index in [1.807, 2.05) is 25.8 Å². The van der Waals surface area contributed by atoms with Gasteiger partial charge in [-0.2, -0.15) is 0 Å². The van der Waals surface area contributed by atoms with Crippen LogP contribution in [-0.2, 0) is 32.7 Å². The molecule has 13 nitrogen and oxygen atoms in total. The molecular weight excluding hydrogens is 703 g/mol. The Balaban J connectivity index is 1.30. The molecule has 3 aromatic rings. The zero-order valence-electron chi connectivity index (χ0n) is 30.5. The van der Waals surface area contributed by atoms with Gasteiger partial charge in [-0.1, -0.05) is 12.1 Å². The standard InChI is InChI=1S/C39H42N3O10S/c1-17-9-21-10-22-13-42-24-14-49-38(46)39(23-12-26(47-5)25(44)11-20(23)7-8-41(39)4)15-53-37(31(42)30(40-22)27(21)32(45)33(17)48-6)29-28(24)36-35(50-16-51-36)18(2)34(29)52-19(3)43/h9,11-12,22,24,30-31,37,44-45H,7-8,10,13-16H2,1-6H3/q-1/t22-,24-,30+,31?,37+,39+/m0/s1. The molecule has 0 saturated carbocycles. The van der Waals surface area contributed by atoms with Crippen molar-refractivity contribution in [3.63, 3.8) is 0 Å². The first kappa shape index (κ1) is 34.4. The largest absolute Gasteiger partial charge is 0.650 e. The van der Waals surface area contributed by atoms with E-state index in [2.05, 4.69) is 11.0 Å². The molecule has 2 saturated heterocycles. The number of esters is 2. The van der Waals surface area contributed by atoms with E-state index in [1.165, 1.54) is 14.0 Å². The third-order valence-electron chi connectivity index (χ3n) is 12.1. The molecule has 0 aromatic heterocycles. The summed E-state index contributed by atoms with van der Waals surface area (Å²) in [6.07, 6.45) is 1.25. The van der Waals surface area contributed by atoms with Crippen LogP contribution in [-0.4, -0.2) is 97.5 Å². The summed E-state index contributed by atoms with van der Waals surface area (Å²) in [6.45, 7) is 6.26. The predicted octanol–water partition coefficient (Wildman–Crippen LogP) is 4.88. The van der Waals surface area contributed by atoms with Crippen LogP contribution in [0, 0.1) is 13.8 Å². The lowest BCUT2D eigenvalue weighted by Gasteiger charge is -2.64. The number of likely N-dealkylation sites (N-methyl/N-ethyl adjacent to an activating group) is 1. The summed E-state index contributed by atoms with van der Waals surface area (Å²) in [6, 6.07) is 4.06. The van der Waals surface area contributed by atoms with Gasteiger partial charge in [0.2, 0.25) is 6.79 Å². The summed E-state index contributed by atoms with van der Waals surface area (Å²) in [5.74, 6) is 1.58. The van der Waals surface area contributed by atoms with E-state index < -0.39 is 34.8 Å². The Bertz CT molecular complexity index is 2090. The van der Waals surface area contributed by atoms with Gasteiger partial charge in [0, 0.05) is 47.2 Å². The summed E-state index contributed by atoms with van der Waals surface area (Å²) >= 11 is 1.57. The third kappa shape index (κ3) is 4.81. The molecule has 14 heteroatoms. The Labute approximate surface area is 311 Å². The lowest BCUT2D eigenvalue weighted by atomic mass is 9.74. The van der Waals surface area contributed by atoms with E-state index in [9.17, 15) is 19.8 Å². The molecule has 2 fully saturated rings. The summed E-state index contributed by atoms with van der Waals surface area (Å²) < 4.78 is 36.1. The lowest BCUT2D eigenvalue weighted by Crippen LogP contribution is -2.61. The zero-order valence-corrected chi connectivity index (χ0v) is 31.3. The number of aryl methyl sites for hydroxylation is 1. The highest BCUT2D eigenvalue weighted by Gasteiger charge is 2.56. The molecule has 7 heterocycles. The molecule has 6 atom stereocenters. The molecule has 0 amide bonds. The van der Waals surface area contributed by atoms with Gasteiger partial charge in [-0.15, -0.1) is 17.8 Å². The van der Waals surface area contributed by atoms with Crippen molar-refractivity contribution in [2.24, 2.45) is 0 Å².